The number of nitrogens with one attached hydrogen (secondary N) is 1. The molecule has 0 saturated carbocycles. The van der Waals surface area contributed by atoms with Crippen LogP contribution < -0.4 is 10.1 Å². The number of fused-ring (bicyclic) bond motifs is 1. The minimum Gasteiger partial charge on any atom is -0.492 e. The Morgan fingerprint density at radius 2 is 1.88 bits per heavy atom. The van der Waals surface area contributed by atoms with Crippen LogP contribution in [0, 0.1) is 0 Å². The maximum absolute atomic E-state index is 12.1. The number of carbonyl (C=O) groups excluding carboxylic acids is 1. The number of aliphatic hydroxyl groups excluding tert-OH is 1. The van der Waals surface area contributed by atoms with Crippen molar-refractivity contribution in [3.63, 3.8) is 0 Å². The molecular weight excluding hydrogens is 306 g/mol. The first-order valence-electron chi connectivity index (χ1n) is 7.73. The Kier molecular flexibility index (Phi) is 4.82. The Morgan fingerprint density at radius 3 is 2.62 bits per heavy atom. The highest BCUT2D eigenvalue weighted by atomic mass is 16.5. The Labute approximate surface area is 139 Å². The standard InChI is InChI=1S/C19H19NO4/c1-23-18-14-9-5-6-10-16(14)24-17(18)12-20-19(22)15(21)11-13-7-3-2-4-8-13/h2-10,15,21H,11-12H2,1H3,(H,20,22)/t15-/m0/s1. The normalized spacial score (nSPS) is 12.1. The monoisotopic (exact) mass is 325 g/mol. The summed E-state index contributed by atoms with van der Waals surface area (Å²) < 4.78 is 11.1. The third-order valence-electron chi connectivity index (χ3n) is 3.82. The molecule has 2 N–H and O–H groups in total. The molecule has 5 nitrogen and oxygen atoms in total. The number of methoxy groups -OCH3 is 1. The molecule has 24 heavy (non-hydrogen) atoms. The Bertz CT molecular complexity index is 826. The van der Waals surface area contributed by atoms with Gasteiger partial charge in [-0.05, 0) is 17.7 Å². The Balaban J connectivity index is 1.66. The molecule has 2 aromatic carbocycles. The van der Waals surface area contributed by atoms with Crippen molar-refractivity contribution in [2.45, 2.75) is 19.1 Å². The van der Waals surface area contributed by atoms with Gasteiger partial charge in [-0.3, -0.25) is 4.79 Å². The van der Waals surface area contributed by atoms with Crippen molar-refractivity contribution < 1.29 is 19.1 Å². The smallest absolute Gasteiger partial charge is 0.249 e. The minimum atomic E-state index is -1.11. The predicted molar refractivity (Wildman–Crippen MR) is 90.8 cm³/mol. The van der Waals surface area contributed by atoms with Crippen LogP contribution in [-0.4, -0.2) is 24.2 Å². The second-order valence-electron chi connectivity index (χ2n) is 5.48. The van der Waals surface area contributed by atoms with E-state index in [0.29, 0.717) is 17.1 Å². The fraction of sp³-hybridized carbons (Fsp3) is 0.211. The van der Waals surface area contributed by atoms with Crippen LogP contribution in [0.15, 0.2) is 59.0 Å². The van der Waals surface area contributed by atoms with E-state index in [1.165, 1.54) is 0 Å². The lowest BCUT2D eigenvalue weighted by atomic mass is 10.1. The van der Waals surface area contributed by atoms with Gasteiger partial charge in [0.15, 0.2) is 11.5 Å². The second kappa shape index (κ2) is 7.19. The predicted octanol–water partition coefficient (Wildman–Crippen LogP) is 2.66. The number of furan rings is 1. The van der Waals surface area contributed by atoms with E-state index in [-0.39, 0.29) is 13.0 Å². The molecule has 1 amide bonds. The van der Waals surface area contributed by atoms with Crippen molar-refractivity contribution in [3.05, 3.63) is 65.9 Å². The van der Waals surface area contributed by atoms with Crippen LogP contribution in [0.4, 0.5) is 0 Å². The van der Waals surface area contributed by atoms with E-state index in [4.69, 9.17) is 9.15 Å². The maximum atomic E-state index is 12.1. The van der Waals surface area contributed by atoms with Crippen LogP contribution >= 0.6 is 0 Å². The molecule has 3 rings (SSSR count). The highest BCUT2D eigenvalue weighted by Gasteiger charge is 2.19. The topological polar surface area (TPSA) is 71.7 Å². The SMILES string of the molecule is COc1c(CNC(=O)[C@@H](O)Cc2ccccc2)oc2ccccc12. The summed E-state index contributed by atoms with van der Waals surface area (Å²) in [6.07, 6.45) is -0.841. The minimum absolute atomic E-state index is 0.155. The van der Waals surface area contributed by atoms with E-state index < -0.39 is 12.0 Å². The largest absolute Gasteiger partial charge is 0.492 e. The lowest BCUT2D eigenvalue weighted by Crippen LogP contribution is -2.35. The van der Waals surface area contributed by atoms with Gasteiger partial charge in [0.25, 0.3) is 0 Å². The van der Waals surface area contributed by atoms with Crippen molar-refractivity contribution >= 4 is 16.9 Å². The lowest BCUT2D eigenvalue weighted by molar-refractivity contribution is -0.129. The number of hydrogen-bond donors (Lipinski definition) is 2. The zero-order valence-electron chi connectivity index (χ0n) is 13.4. The van der Waals surface area contributed by atoms with E-state index in [1.54, 1.807) is 7.11 Å². The van der Waals surface area contributed by atoms with E-state index in [0.717, 1.165) is 10.9 Å². The fourth-order valence-corrected chi connectivity index (χ4v) is 2.63. The molecule has 124 valence electrons. The fourth-order valence-electron chi connectivity index (χ4n) is 2.63. The molecule has 0 saturated heterocycles. The van der Waals surface area contributed by atoms with Gasteiger partial charge >= 0.3 is 0 Å². The Hall–Kier alpha value is -2.79. The molecular formula is C19H19NO4. The summed E-state index contributed by atoms with van der Waals surface area (Å²) in [5.41, 5.74) is 1.60. The molecule has 3 aromatic rings. The molecule has 0 aliphatic carbocycles. The number of aliphatic hydroxyl groups is 1. The molecule has 0 fully saturated rings. The van der Waals surface area contributed by atoms with Crippen LogP contribution in [0.3, 0.4) is 0 Å². The average molecular weight is 325 g/mol. The zero-order chi connectivity index (χ0) is 16.9. The van der Waals surface area contributed by atoms with E-state index in [9.17, 15) is 9.90 Å². The van der Waals surface area contributed by atoms with E-state index >= 15 is 0 Å². The number of ether oxygens (including phenoxy) is 1. The number of hydrogen-bond acceptors (Lipinski definition) is 4. The van der Waals surface area contributed by atoms with Gasteiger partial charge in [-0.2, -0.15) is 0 Å². The summed E-state index contributed by atoms with van der Waals surface area (Å²) in [7, 11) is 1.56. The third kappa shape index (κ3) is 3.41. The first-order chi connectivity index (χ1) is 11.7. The van der Waals surface area contributed by atoms with Crippen LogP contribution in [0.25, 0.3) is 11.0 Å². The second-order valence-corrected chi connectivity index (χ2v) is 5.48. The van der Waals surface area contributed by atoms with Gasteiger partial charge in [-0.15, -0.1) is 0 Å². The van der Waals surface area contributed by atoms with Crippen LogP contribution in [0.2, 0.25) is 0 Å². The van der Waals surface area contributed by atoms with Crippen LogP contribution in [0.1, 0.15) is 11.3 Å². The molecule has 0 unspecified atom stereocenters. The van der Waals surface area contributed by atoms with Crippen molar-refractivity contribution in [3.8, 4) is 5.75 Å². The van der Waals surface area contributed by atoms with Gasteiger partial charge in [0, 0.05) is 6.42 Å². The third-order valence-corrected chi connectivity index (χ3v) is 3.82. The molecule has 5 heteroatoms. The summed E-state index contributed by atoms with van der Waals surface area (Å²) in [6.45, 7) is 0.155. The van der Waals surface area contributed by atoms with E-state index in [2.05, 4.69) is 5.32 Å². The summed E-state index contributed by atoms with van der Waals surface area (Å²) in [4.78, 5) is 12.1. The first kappa shape index (κ1) is 16.1. The van der Waals surface area contributed by atoms with Gasteiger partial charge in [-0.25, -0.2) is 0 Å². The first-order valence-corrected chi connectivity index (χ1v) is 7.73. The van der Waals surface area contributed by atoms with Gasteiger partial charge in [0.1, 0.15) is 11.7 Å². The summed E-state index contributed by atoms with van der Waals surface area (Å²) in [6, 6.07) is 16.9. The molecule has 1 heterocycles. The number of rotatable bonds is 6. The van der Waals surface area contributed by atoms with Gasteiger partial charge < -0.3 is 19.6 Å². The van der Waals surface area contributed by atoms with E-state index in [1.807, 2.05) is 54.6 Å². The quantitative estimate of drug-likeness (QED) is 0.731. The molecule has 0 aliphatic rings. The average Bonchev–Trinajstić information content (AvgIpc) is 2.98. The van der Waals surface area contributed by atoms with Gasteiger partial charge in [-0.1, -0.05) is 42.5 Å². The summed E-state index contributed by atoms with van der Waals surface area (Å²) in [5, 5.41) is 13.6. The van der Waals surface area contributed by atoms with Crippen LogP contribution in [0.5, 0.6) is 5.75 Å². The number of amides is 1. The molecule has 0 radical (unpaired) electrons. The van der Waals surface area contributed by atoms with Crippen molar-refractivity contribution in [2.75, 3.05) is 7.11 Å². The lowest BCUT2D eigenvalue weighted by Gasteiger charge is -2.11. The number of para-hydroxylation sites is 1. The number of carbonyl (C=O) groups is 1. The molecule has 0 spiro atoms. The summed E-state index contributed by atoms with van der Waals surface area (Å²) >= 11 is 0. The van der Waals surface area contributed by atoms with Gasteiger partial charge in [0.2, 0.25) is 5.91 Å². The highest BCUT2D eigenvalue weighted by Crippen LogP contribution is 2.32. The number of benzene rings is 2. The molecule has 1 aromatic heterocycles. The summed E-state index contributed by atoms with van der Waals surface area (Å²) in [5.74, 6) is 0.684. The van der Waals surface area contributed by atoms with Crippen molar-refractivity contribution in [1.82, 2.24) is 5.32 Å². The Morgan fingerprint density at radius 1 is 1.17 bits per heavy atom. The zero-order valence-corrected chi connectivity index (χ0v) is 13.4. The van der Waals surface area contributed by atoms with Gasteiger partial charge in [0.05, 0.1) is 19.0 Å². The highest BCUT2D eigenvalue weighted by molar-refractivity contribution is 5.86. The van der Waals surface area contributed by atoms with Crippen LogP contribution in [-0.2, 0) is 17.8 Å². The maximum Gasteiger partial charge on any atom is 0.249 e. The molecule has 0 bridgehead atoms. The van der Waals surface area contributed by atoms with Crippen molar-refractivity contribution in [1.29, 1.82) is 0 Å². The molecule has 1 atom stereocenters. The molecule has 0 aliphatic heterocycles. The van der Waals surface area contributed by atoms with Crippen molar-refractivity contribution in [2.24, 2.45) is 0 Å².